The summed E-state index contributed by atoms with van der Waals surface area (Å²) >= 11 is 0. The molecule has 19 heavy (non-hydrogen) atoms. The largest absolute Gasteiger partial charge is 0.497 e. The molecule has 0 unspecified atom stereocenters. The number of benzene rings is 1. The average Bonchev–Trinajstić information content (AvgIpc) is 3.06. The van der Waals surface area contributed by atoms with Gasteiger partial charge in [0.25, 0.3) is 0 Å². The zero-order valence-electron chi connectivity index (χ0n) is 11.4. The van der Waals surface area contributed by atoms with Crippen molar-refractivity contribution in [3.8, 4) is 5.75 Å². The molecule has 1 aliphatic rings. The Morgan fingerprint density at radius 2 is 2.05 bits per heavy atom. The molecule has 0 spiro atoms. The first-order valence-electron chi connectivity index (χ1n) is 6.82. The topological polar surface area (TPSA) is 39.4 Å². The molecule has 3 heteroatoms. The number of Topliss-reactive ketones (excluding diaryl/α,β-unsaturated/α-hetero) is 1. The molecule has 1 aromatic heterocycles. The maximum absolute atomic E-state index is 12.5. The minimum atomic E-state index is 0.154. The molecule has 0 saturated heterocycles. The number of furan rings is 1. The highest BCUT2D eigenvalue weighted by Gasteiger charge is 2.28. The standard InChI is InChI=1S/C16H18O3/c1-10-13-9-12(18-2)7-8-14(13)19-16(10)15(17)11-5-3-4-6-11/h7-9,11H,3-6H2,1-2H3. The van der Waals surface area contributed by atoms with Crippen molar-refractivity contribution >= 4 is 16.8 Å². The number of carbonyl (C=O) groups excluding carboxylic acids is 1. The van der Waals surface area contributed by atoms with Crippen molar-refractivity contribution in [3.05, 3.63) is 29.5 Å². The Balaban J connectivity index is 2.04. The van der Waals surface area contributed by atoms with Crippen LogP contribution in [0.4, 0.5) is 0 Å². The van der Waals surface area contributed by atoms with E-state index in [9.17, 15) is 4.79 Å². The molecule has 0 N–H and O–H groups in total. The number of fused-ring (bicyclic) bond motifs is 1. The molecule has 0 amide bonds. The summed E-state index contributed by atoms with van der Waals surface area (Å²) in [4.78, 5) is 12.5. The summed E-state index contributed by atoms with van der Waals surface area (Å²) < 4.78 is 11.0. The quantitative estimate of drug-likeness (QED) is 0.777. The Hall–Kier alpha value is -1.77. The van der Waals surface area contributed by atoms with Gasteiger partial charge in [-0.3, -0.25) is 4.79 Å². The second kappa shape index (κ2) is 4.72. The van der Waals surface area contributed by atoms with Gasteiger partial charge in [0.15, 0.2) is 5.76 Å². The number of methoxy groups -OCH3 is 1. The van der Waals surface area contributed by atoms with E-state index in [0.29, 0.717) is 5.76 Å². The fourth-order valence-corrected chi connectivity index (χ4v) is 2.94. The van der Waals surface area contributed by atoms with Gasteiger partial charge in [0.05, 0.1) is 7.11 Å². The summed E-state index contributed by atoms with van der Waals surface area (Å²) in [5.41, 5.74) is 1.70. The van der Waals surface area contributed by atoms with Crippen LogP contribution in [-0.4, -0.2) is 12.9 Å². The van der Waals surface area contributed by atoms with Gasteiger partial charge in [0.2, 0.25) is 5.78 Å². The number of carbonyl (C=O) groups is 1. The number of hydrogen-bond donors (Lipinski definition) is 0. The first-order valence-corrected chi connectivity index (χ1v) is 6.82. The van der Waals surface area contributed by atoms with Crippen molar-refractivity contribution in [1.82, 2.24) is 0 Å². The second-order valence-corrected chi connectivity index (χ2v) is 5.26. The fourth-order valence-electron chi connectivity index (χ4n) is 2.94. The van der Waals surface area contributed by atoms with Gasteiger partial charge in [-0.2, -0.15) is 0 Å². The monoisotopic (exact) mass is 258 g/mol. The van der Waals surface area contributed by atoms with Crippen molar-refractivity contribution in [2.45, 2.75) is 32.6 Å². The van der Waals surface area contributed by atoms with Gasteiger partial charge in [0.1, 0.15) is 11.3 Å². The molecule has 0 bridgehead atoms. The zero-order valence-corrected chi connectivity index (χ0v) is 11.4. The predicted molar refractivity (Wildman–Crippen MR) is 73.8 cm³/mol. The number of rotatable bonds is 3. The summed E-state index contributed by atoms with van der Waals surface area (Å²) in [6, 6.07) is 5.65. The lowest BCUT2D eigenvalue weighted by Crippen LogP contribution is -2.11. The normalized spacial score (nSPS) is 16.1. The summed E-state index contributed by atoms with van der Waals surface area (Å²) in [6.45, 7) is 1.95. The average molecular weight is 258 g/mol. The van der Waals surface area contributed by atoms with Gasteiger partial charge in [-0.1, -0.05) is 12.8 Å². The molecule has 0 radical (unpaired) electrons. The molecule has 1 aliphatic carbocycles. The zero-order chi connectivity index (χ0) is 13.4. The minimum Gasteiger partial charge on any atom is -0.497 e. The van der Waals surface area contributed by atoms with Crippen LogP contribution in [0, 0.1) is 12.8 Å². The van der Waals surface area contributed by atoms with Crippen molar-refractivity contribution in [2.24, 2.45) is 5.92 Å². The van der Waals surface area contributed by atoms with Crippen molar-refractivity contribution in [2.75, 3.05) is 7.11 Å². The SMILES string of the molecule is COc1ccc2oc(C(=O)C3CCCC3)c(C)c2c1. The lowest BCUT2D eigenvalue weighted by Gasteiger charge is -2.05. The first-order chi connectivity index (χ1) is 9.20. The summed E-state index contributed by atoms with van der Waals surface area (Å²) in [6.07, 6.45) is 4.31. The van der Waals surface area contributed by atoms with Crippen LogP contribution < -0.4 is 4.74 Å². The van der Waals surface area contributed by atoms with E-state index >= 15 is 0 Å². The number of ketones is 1. The van der Waals surface area contributed by atoms with Crippen molar-refractivity contribution in [1.29, 1.82) is 0 Å². The molecule has 0 aliphatic heterocycles. The maximum atomic E-state index is 12.5. The Kier molecular flexibility index (Phi) is 3.05. The molecule has 3 nitrogen and oxygen atoms in total. The number of hydrogen-bond acceptors (Lipinski definition) is 3. The van der Waals surface area contributed by atoms with Crippen LogP contribution in [0.2, 0.25) is 0 Å². The lowest BCUT2D eigenvalue weighted by molar-refractivity contribution is 0.0896. The van der Waals surface area contributed by atoms with Gasteiger partial charge in [-0.15, -0.1) is 0 Å². The van der Waals surface area contributed by atoms with Crippen LogP contribution in [0.1, 0.15) is 41.8 Å². The molecule has 3 rings (SSSR count). The molecule has 2 aromatic rings. The van der Waals surface area contributed by atoms with Crippen LogP contribution in [0.3, 0.4) is 0 Å². The second-order valence-electron chi connectivity index (χ2n) is 5.26. The predicted octanol–water partition coefficient (Wildman–Crippen LogP) is 4.12. The van der Waals surface area contributed by atoms with E-state index in [1.165, 1.54) is 0 Å². The molecule has 1 fully saturated rings. The van der Waals surface area contributed by atoms with E-state index in [1.807, 2.05) is 25.1 Å². The number of ether oxygens (including phenoxy) is 1. The van der Waals surface area contributed by atoms with E-state index in [2.05, 4.69) is 0 Å². The highest BCUT2D eigenvalue weighted by atomic mass is 16.5. The third-order valence-electron chi connectivity index (χ3n) is 4.09. The molecule has 100 valence electrons. The van der Waals surface area contributed by atoms with E-state index in [1.54, 1.807) is 7.11 Å². The molecule has 1 heterocycles. The van der Waals surface area contributed by atoms with Crippen LogP contribution in [-0.2, 0) is 0 Å². The van der Waals surface area contributed by atoms with Crippen LogP contribution in [0.15, 0.2) is 22.6 Å². The van der Waals surface area contributed by atoms with Gasteiger partial charge >= 0.3 is 0 Å². The number of aryl methyl sites for hydroxylation is 1. The van der Waals surface area contributed by atoms with Gasteiger partial charge < -0.3 is 9.15 Å². The lowest BCUT2D eigenvalue weighted by atomic mass is 9.98. The van der Waals surface area contributed by atoms with Crippen molar-refractivity contribution < 1.29 is 13.9 Å². The molecule has 1 saturated carbocycles. The smallest absolute Gasteiger partial charge is 0.201 e. The van der Waals surface area contributed by atoms with Gasteiger partial charge in [-0.05, 0) is 38.0 Å². The Bertz CT molecular complexity index is 618. The molecular weight excluding hydrogens is 240 g/mol. The van der Waals surface area contributed by atoms with Crippen molar-refractivity contribution in [3.63, 3.8) is 0 Å². The molecule has 1 aromatic carbocycles. The van der Waals surface area contributed by atoms with E-state index < -0.39 is 0 Å². The summed E-state index contributed by atoms with van der Waals surface area (Å²) in [5, 5.41) is 0.973. The third-order valence-corrected chi connectivity index (χ3v) is 4.09. The van der Waals surface area contributed by atoms with Gasteiger partial charge in [0, 0.05) is 16.9 Å². The molecular formula is C16H18O3. The van der Waals surface area contributed by atoms with Crippen LogP contribution in [0.25, 0.3) is 11.0 Å². The van der Waals surface area contributed by atoms with Crippen LogP contribution >= 0.6 is 0 Å². The maximum Gasteiger partial charge on any atom is 0.201 e. The van der Waals surface area contributed by atoms with E-state index in [0.717, 1.165) is 48.0 Å². The van der Waals surface area contributed by atoms with E-state index in [4.69, 9.17) is 9.15 Å². The van der Waals surface area contributed by atoms with Crippen LogP contribution in [0.5, 0.6) is 5.75 Å². The third kappa shape index (κ3) is 2.03. The summed E-state index contributed by atoms with van der Waals surface area (Å²) in [7, 11) is 1.64. The highest BCUT2D eigenvalue weighted by Crippen LogP contribution is 2.33. The fraction of sp³-hybridized carbons (Fsp3) is 0.438. The summed E-state index contributed by atoms with van der Waals surface area (Å²) in [5.74, 6) is 1.65. The Morgan fingerprint density at radius 1 is 1.32 bits per heavy atom. The minimum absolute atomic E-state index is 0.154. The first kappa shape index (κ1) is 12.3. The Labute approximate surface area is 112 Å². The Morgan fingerprint density at radius 3 is 2.74 bits per heavy atom. The molecule has 0 atom stereocenters. The van der Waals surface area contributed by atoms with Gasteiger partial charge in [-0.25, -0.2) is 0 Å². The highest BCUT2D eigenvalue weighted by molar-refractivity contribution is 6.01. The van der Waals surface area contributed by atoms with E-state index in [-0.39, 0.29) is 11.7 Å².